The van der Waals surface area contributed by atoms with E-state index in [0.717, 1.165) is 74.0 Å². The lowest BCUT2D eigenvalue weighted by Crippen LogP contribution is -2.08. The minimum absolute atomic E-state index is 0.0469. The number of allylic oxidation sites excluding steroid dienone is 1. The van der Waals surface area contributed by atoms with E-state index in [1.165, 1.54) is 6.26 Å². The molecule has 0 saturated heterocycles. The van der Waals surface area contributed by atoms with E-state index in [1.54, 1.807) is 36.4 Å². The van der Waals surface area contributed by atoms with Crippen LogP contribution in [0.3, 0.4) is 0 Å². The van der Waals surface area contributed by atoms with E-state index >= 15 is 0 Å². The molecule has 0 unspecified atom stereocenters. The van der Waals surface area contributed by atoms with Crippen LogP contribution in [0.15, 0.2) is 110 Å². The Labute approximate surface area is 305 Å². The van der Waals surface area contributed by atoms with Crippen LogP contribution in [0, 0.1) is 0 Å². The second kappa shape index (κ2) is 23.1. The fourth-order valence-corrected chi connectivity index (χ4v) is 4.93. The number of carbonyl (C=O) groups excluding carboxylic acids is 2. The van der Waals surface area contributed by atoms with E-state index in [1.807, 2.05) is 61.5 Å². The highest BCUT2D eigenvalue weighted by molar-refractivity contribution is 5.92. The predicted octanol–water partition coefficient (Wildman–Crippen LogP) is 9.56. The van der Waals surface area contributed by atoms with Crippen molar-refractivity contribution in [2.45, 2.75) is 58.3 Å². The first kappa shape index (κ1) is 39.3. The number of benzene rings is 4. The second-order valence-electron chi connectivity index (χ2n) is 11.7. The molecule has 0 amide bonds. The molecule has 0 aliphatic heterocycles. The van der Waals surface area contributed by atoms with Gasteiger partial charge in [0, 0.05) is 6.08 Å². The Morgan fingerprint density at radius 2 is 1.08 bits per heavy atom. The smallest absolute Gasteiger partial charge is 0.343 e. The molecular weight excluding hydrogens is 664 g/mol. The van der Waals surface area contributed by atoms with Crippen LogP contribution in [0.4, 0.5) is 0 Å². The van der Waals surface area contributed by atoms with Crippen LogP contribution in [0.5, 0.6) is 28.7 Å². The van der Waals surface area contributed by atoms with Crippen LogP contribution in [0.2, 0.25) is 0 Å². The number of carbonyl (C=O) groups is 2. The summed E-state index contributed by atoms with van der Waals surface area (Å²) in [4.78, 5) is 33.7. The van der Waals surface area contributed by atoms with Gasteiger partial charge >= 0.3 is 11.9 Å². The number of unbranched alkanes of at least 4 members (excludes halogenated alkanes) is 6. The van der Waals surface area contributed by atoms with E-state index in [4.69, 9.17) is 38.2 Å². The average Bonchev–Trinajstić information content (AvgIpc) is 3.17. The standard InChI is InChI=1S/C42H48O10/c1-3-25-50-51-29-12-8-7-10-27-46-37-21-23-38(24-22-37)48-32-49-39-19-15-35-31-40(20-16-34(35)30-39)52-42(44)33-13-17-36(18-14-33)45-26-9-5-6-11-28-47-41(43)4-2/h3-4,13-25,30-31H,2,5-12,26-29,32H2,1H3/b25-3-. The van der Waals surface area contributed by atoms with Gasteiger partial charge in [-0.1, -0.05) is 25.1 Å². The molecule has 4 aromatic carbocycles. The fourth-order valence-electron chi connectivity index (χ4n) is 4.93. The zero-order valence-corrected chi connectivity index (χ0v) is 29.8. The van der Waals surface area contributed by atoms with E-state index in [9.17, 15) is 9.59 Å². The Kier molecular flexibility index (Phi) is 17.4. The molecule has 0 N–H and O–H groups in total. The topological polar surface area (TPSA) is 108 Å². The summed E-state index contributed by atoms with van der Waals surface area (Å²) in [6.45, 7) is 7.48. The molecule has 0 aromatic heterocycles. The highest BCUT2D eigenvalue weighted by Crippen LogP contribution is 2.26. The molecule has 10 nitrogen and oxygen atoms in total. The van der Waals surface area contributed by atoms with E-state index < -0.39 is 11.9 Å². The number of fused-ring (bicyclic) bond motifs is 1. The molecule has 4 rings (SSSR count). The first-order valence-electron chi connectivity index (χ1n) is 17.7. The van der Waals surface area contributed by atoms with Crippen LogP contribution in [-0.2, 0) is 19.3 Å². The summed E-state index contributed by atoms with van der Waals surface area (Å²) in [5.74, 6) is 2.40. The molecule has 0 bridgehead atoms. The number of hydrogen-bond donors (Lipinski definition) is 0. The summed E-state index contributed by atoms with van der Waals surface area (Å²) in [5.41, 5.74) is 0.424. The molecule has 276 valence electrons. The summed E-state index contributed by atoms with van der Waals surface area (Å²) in [6.07, 6.45) is 12.1. The van der Waals surface area contributed by atoms with Crippen LogP contribution in [-0.4, -0.2) is 45.2 Å². The van der Waals surface area contributed by atoms with Gasteiger partial charge in [-0.15, -0.1) is 0 Å². The van der Waals surface area contributed by atoms with Crippen LogP contribution < -0.4 is 23.7 Å². The minimum atomic E-state index is -0.455. The summed E-state index contributed by atoms with van der Waals surface area (Å²) in [6, 6.07) is 25.5. The van der Waals surface area contributed by atoms with Crippen LogP contribution in [0.25, 0.3) is 10.8 Å². The molecule has 0 radical (unpaired) electrons. The first-order valence-corrected chi connectivity index (χ1v) is 17.7. The average molecular weight is 713 g/mol. The number of hydrogen-bond acceptors (Lipinski definition) is 10. The summed E-state index contributed by atoms with van der Waals surface area (Å²) in [5, 5.41) is 1.84. The maximum Gasteiger partial charge on any atom is 0.343 e. The fraction of sp³-hybridized carbons (Fsp3) is 0.333. The van der Waals surface area contributed by atoms with Gasteiger partial charge in [-0.25, -0.2) is 9.59 Å². The van der Waals surface area contributed by atoms with Gasteiger partial charge < -0.3 is 33.3 Å². The van der Waals surface area contributed by atoms with Gasteiger partial charge in [-0.3, -0.25) is 0 Å². The van der Waals surface area contributed by atoms with Gasteiger partial charge in [0.2, 0.25) is 6.79 Å². The Bertz CT molecular complexity index is 1680. The van der Waals surface area contributed by atoms with Crippen molar-refractivity contribution in [1.29, 1.82) is 0 Å². The Hall–Kier alpha value is -5.48. The van der Waals surface area contributed by atoms with Gasteiger partial charge in [0.1, 0.15) is 35.0 Å². The van der Waals surface area contributed by atoms with Crippen molar-refractivity contribution in [1.82, 2.24) is 0 Å². The lowest BCUT2D eigenvalue weighted by atomic mass is 10.1. The van der Waals surface area contributed by atoms with E-state index in [-0.39, 0.29) is 6.79 Å². The van der Waals surface area contributed by atoms with Crippen LogP contribution in [0.1, 0.15) is 68.6 Å². The molecule has 4 aromatic rings. The Morgan fingerprint density at radius 3 is 1.69 bits per heavy atom. The third-order valence-corrected chi connectivity index (χ3v) is 7.73. The number of ether oxygens (including phenoxy) is 6. The summed E-state index contributed by atoms with van der Waals surface area (Å²) in [7, 11) is 0. The highest BCUT2D eigenvalue weighted by atomic mass is 17.2. The van der Waals surface area contributed by atoms with Crippen molar-refractivity contribution >= 4 is 22.7 Å². The SMILES string of the molecule is C=CC(=O)OCCCCCCOc1ccc(C(=O)Oc2ccc3cc(OCOc4ccc(OCCCCCCOO/C=C\C)cc4)ccc3c2)cc1. The van der Waals surface area contributed by atoms with Gasteiger partial charge in [0.25, 0.3) is 0 Å². The molecule has 0 saturated carbocycles. The second-order valence-corrected chi connectivity index (χ2v) is 11.7. The molecular formula is C42H48O10. The van der Waals surface area contributed by atoms with Gasteiger partial charge in [0.15, 0.2) is 0 Å². The maximum atomic E-state index is 12.8. The van der Waals surface area contributed by atoms with Crippen molar-refractivity contribution in [3.63, 3.8) is 0 Å². The predicted molar refractivity (Wildman–Crippen MR) is 199 cm³/mol. The quantitative estimate of drug-likeness (QED) is 0.00964. The van der Waals surface area contributed by atoms with Gasteiger partial charge in [-0.2, -0.15) is 4.89 Å². The molecule has 0 atom stereocenters. The number of esters is 2. The normalized spacial score (nSPS) is 10.9. The van der Waals surface area contributed by atoms with E-state index in [0.29, 0.717) is 55.0 Å². The van der Waals surface area contributed by atoms with Crippen molar-refractivity contribution < 1.29 is 47.8 Å². The largest absolute Gasteiger partial charge is 0.494 e. The summed E-state index contributed by atoms with van der Waals surface area (Å²) < 4.78 is 33.8. The third-order valence-electron chi connectivity index (χ3n) is 7.73. The molecule has 0 heterocycles. The lowest BCUT2D eigenvalue weighted by molar-refractivity contribution is -0.249. The highest BCUT2D eigenvalue weighted by Gasteiger charge is 2.10. The zero-order chi connectivity index (χ0) is 36.6. The molecule has 0 aliphatic carbocycles. The van der Waals surface area contributed by atoms with Gasteiger partial charge in [-0.05, 0) is 142 Å². The van der Waals surface area contributed by atoms with E-state index in [2.05, 4.69) is 6.58 Å². The van der Waals surface area contributed by atoms with Crippen molar-refractivity contribution in [2.24, 2.45) is 0 Å². The number of rotatable bonds is 25. The molecule has 0 fully saturated rings. The lowest BCUT2D eigenvalue weighted by Gasteiger charge is -2.11. The first-order chi connectivity index (χ1) is 25.5. The minimum Gasteiger partial charge on any atom is -0.494 e. The van der Waals surface area contributed by atoms with Crippen molar-refractivity contribution in [2.75, 3.05) is 33.2 Å². The maximum absolute atomic E-state index is 12.8. The molecule has 10 heteroatoms. The zero-order valence-electron chi connectivity index (χ0n) is 29.8. The van der Waals surface area contributed by atoms with Crippen LogP contribution >= 0.6 is 0 Å². The molecule has 0 spiro atoms. The monoisotopic (exact) mass is 712 g/mol. The Morgan fingerprint density at radius 1 is 0.577 bits per heavy atom. The Balaban J connectivity index is 1.11. The van der Waals surface area contributed by atoms with Crippen molar-refractivity contribution in [3.8, 4) is 28.7 Å². The van der Waals surface area contributed by atoms with Gasteiger partial charge in [0.05, 0.1) is 32.0 Å². The van der Waals surface area contributed by atoms with Crippen molar-refractivity contribution in [3.05, 3.63) is 115 Å². The molecule has 0 aliphatic rings. The summed E-state index contributed by atoms with van der Waals surface area (Å²) >= 11 is 0. The molecule has 52 heavy (non-hydrogen) atoms. The third kappa shape index (κ3) is 14.8.